The molecule has 0 radical (unpaired) electrons. The first-order valence-corrected chi connectivity index (χ1v) is 6.61. The molecule has 110 valence electrons. The molecule has 0 saturated carbocycles. The standard InChI is InChI=1S/C14H11Cl2FN2O2/c15-10-2-3-11(16)9(5-10)7-21-13-4-1-8(6-12(13)17)14(18)19-20/h1-6,20H,7H2,(H2,18,19). The fourth-order valence-corrected chi connectivity index (χ4v) is 2.01. The maximum Gasteiger partial charge on any atom is 0.170 e. The summed E-state index contributed by atoms with van der Waals surface area (Å²) in [5.41, 5.74) is 6.27. The maximum atomic E-state index is 13.9. The number of hydrogen-bond donors (Lipinski definition) is 2. The summed E-state index contributed by atoms with van der Waals surface area (Å²) in [6.45, 7) is 0.0687. The highest BCUT2D eigenvalue weighted by Crippen LogP contribution is 2.24. The zero-order valence-electron chi connectivity index (χ0n) is 10.7. The quantitative estimate of drug-likeness (QED) is 0.388. The molecule has 2 aromatic rings. The first-order valence-electron chi connectivity index (χ1n) is 5.85. The molecule has 7 heteroatoms. The van der Waals surface area contributed by atoms with Gasteiger partial charge >= 0.3 is 0 Å². The minimum Gasteiger partial charge on any atom is -0.486 e. The topological polar surface area (TPSA) is 67.8 Å². The van der Waals surface area contributed by atoms with Crippen LogP contribution < -0.4 is 10.5 Å². The third kappa shape index (κ3) is 3.77. The number of halogens is 3. The lowest BCUT2D eigenvalue weighted by molar-refractivity contribution is 0.290. The van der Waals surface area contributed by atoms with Gasteiger partial charge in [-0.25, -0.2) is 4.39 Å². The van der Waals surface area contributed by atoms with Crippen LogP contribution in [-0.2, 0) is 6.61 Å². The summed E-state index contributed by atoms with van der Waals surface area (Å²) >= 11 is 11.9. The number of benzene rings is 2. The van der Waals surface area contributed by atoms with Gasteiger partial charge in [0.05, 0.1) is 0 Å². The van der Waals surface area contributed by atoms with Crippen LogP contribution in [0.4, 0.5) is 4.39 Å². The fraction of sp³-hybridized carbons (Fsp3) is 0.0714. The van der Waals surface area contributed by atoms with Crippen molar-refractivity contribution >= 4 is 29.0 Å². The van der Waals surface area contributed by atoms with Gasteiger partial charge in [0, 0.05) is 21.2 Å². The summed E-state index contributed by atoms with van der Waals surface area (Å²) in [5, 5.41) is 12.3. The van der Waals surface area contributed by atoms with Crippen LogP contribution in [0.5, 0.6) is 5.75 Å². The third-order valence-electron chi connectivity index (χ3n) is 2.73. The van der Waals surface area contributed by atoms with Crippen LogP contribution in [0, 0.1) is 5.82 Å². The molecule has 0 aliphatic carbocycles. The molecular weight excluding hydrogens is 318 g/mol. The molecule has 0 spiro atoms. The van der Waals surface area contributed by atoms with E-state index in [9.17, 15) is 4.39 Å². The van der Waals surface area contributed by atoms with E-state index in [1.807, 2.05) is 0 Å². The van der Waals surface area contributed by atoms with E-state index >= 15 is 0 Å². The molecule has 0 saturated heterocycles. The Hall–Kier alpha value is -1.98. The average Bonchev–Trinajstić information content (AvgIpc) is 2.48. The minimum atomic E-state index is -0.628. The molecule has 21 heavy (non-hydrogen) atoms. The van der Waals surface area contributed by atoms with E-state index in [4.69, 9.17) is 38.9 Å². The Morgan fingerprint density at radius 2 is 2.00 bits per heavy atom. The molecule has 0 aliphatic rings. The molecule has 0 aromatic heterocycles. The van der Waals surface area contributed by atoms with Crippen LogP contribution in [0.1, 0.15) is 11.1 Å². The summed E-state index contributed by atoms with van der Waals surface area (Å²) in [7, 11) is 0. The van der Waals surface area contributed by atoms with E-state index in [-0.39, 0.29) is 23.8 Å². The number of hydrogen-bond acceptors (Lipinski definition) is 3. The van der Waals surface area contributed by atoms with Gasteiger partial charge in [-0.05, 0) is 36.4 Å². The zero-order valence-corrected chi connectivity index (χ0v) is 12.2. The normalized spacial score (nSPS) is 11.5. The van der Waals surface area contributed by atoms with Crippen LogP contribution in [0.3, 0.4) is 0 Å². The molecule has 2 aromatic carbocycles. The summed E-state index contributed by atoms with van der Waals surface area (Å²) in [6, 6.07) is 8.92. The first kappa shape index (κ1) is 15.4. The predicted octanol–water partition coefficient (Wildman–Crippen LogP) is 3.81. The number of nitrogens with zero attached hydrogens (tertiary/aromatic N) is 1. The summed E-state index contributed by atoms with van der Waals surface area (Å²) < 4.78 is 19.2. The van der Waals surface area contributed by atoms with Crippen LogP contribution in [0.25, 0.3) is 0 Å². The highest BCUT2D eigenvalue weighted by molar-refractivity contribution is 6.33. The second-order valence-electron chi connectivity index (χ2n) is 4.15. The highest BCUT2D eigenvalue weighted by Gasteiger charge is 2.09. The SMILES string of the molecule is N/C(=N/O)c1ccc(OCc2cc(Cl)ccc2Cl)c(F)c1. The van der Waals surface area contributed by atoms with Crippen molar-refractivity contribution in [3.8, 4) is 5.75 Å². The van der Waals surface area contributed by atoms with E-state index in [1.54, 1.807) is 18.2 Å². The fourth-order valence-electron chi connectivity index (χ4n) is 1.64. The van der Waals surface area contributed by atoms with Crippen molar-refractivity contribution in [2.24, 2.45) is 10.9 Å². The molecule has 0 aliphatic heterocycles. The number of nitrogens with two attached hydrogens (primary N) is 1. The smallest absolute Gasteiger partial charge is 0.170 e. The van der Waals surface area contributed by atoms with Gasteiger partial charge in [-0.3, -0.25) is 0 Å². The Morgan fingerprint density at radius 1 is 1.24 bits per heavy atom. The monoisotopic (exact) mass is 328 g/mol. The van der Waals surface area contributed by atoms with Gasteiger partial charge in [-0.15, -0.1) is 0 Å². The van der Waals surface area contributed by atoms with Gasteiger partial charge < -0.3 is 15.7 Å². The highest BCUT2D eigenvalue weighted by atomic mass is 35.5. The van der Waals surface area contributed by atoms with Crippen LogP contribution in [0.2, 0.25) is 10.0 Å². The van der Waals surface area contributed by atoms with Gasteiger partial charge in [0.15, 0.2) is 17.4 Å². The second kappa shape index (κ2) is 6.65. The molecule has 0 unspecified atom stereocenters. The Morgan fingerprint density at radius 3 is 2.67 bits per heavy atom. The summed E-state index contributed by atoms with van der Waals surface area (Å²) in [5.74, 6) is -0.781. The minimum absolute atomic E-state index is 0.0283. The number of oxime groups is 1. The second-order valence-corrected chi connectivity index (χ2v) is 5.00. The number of amidine groups is 1. The molecule has 0 heterocycles. The molecule has 3 N–H and O–H groups in total. The van der Waals surface area contributed by atoms with Crippen molar-refractivity contribution in [1.29, 1.82) is 0 Å². The van der Waals surface area contributed by atoms with Crippen molar-refractivity contribution in [3.05, 3.63) is 63.4 Å². The van der Waals surface area contributed by atoms with Crippen molar-refractivity contribution < 1.29 is 14.3 Å². The van der Waals surface area contributed by atoms with E-state index in [0.717, 1.165) is 6.07 Å². The third-order valence-corrected chi connectivity index (χ3v) is 3.33. The van der Waals surface area contributed by atoms with Gasteiger partial charge in [-0.2, -0.15) is 0 Å². The lowest BCUT2D eigenvalue weighted by Gasteiger charge is -2.10. The molecule has 0 atom stereocenters. The zero-order chi connectivity index (χ0) is 15.4. The first-order chi connectivity index (χ1) is 10.0. The van der Waals surface area contributed by atoms with Crippen LogP contribution in [-0.4, -0.2) is 11.0 Å². The number of rotatable bonds is 4. The van der Waals surface area contributed by atoms with E-state index in [1.165, 1.54) is 12.1 Å². The Kier molecular flexibility index (Phi) is 4.88. The lowest BCUT2D eigenvalue weighted by atomic mass is 10.2. The van der Waals surface area contributed by atoms with Crippen molar-refractivity contribution in [1.82, 2.24) is 0 Å². The predicted molar refractivity (Wildman–Crippen MR) is 79.7 cm³/mol. The summed E-state index contributed by atoms with van der Waals surface area (Å²) in [6.07, 6.45) is 0. The Labute approximate surface area is 130 Å². The van der Waals surface area contributed by atoms with Gasteiger partial charge in [0.1, 0.15) is 6.61 Å². The molecule has 4 nitrogen and oxygen atoms in total. The molecule has 0 amide bonds. The van der Waals surface area contributed by atoms with Gasteiger partial charge in [0.25, 0.3) is 0 Å². The van der Waals surface area contributed by atoms with Crippen LogP contribution >= 0.6 is 23.2 Å². The lowest BCUT2D eigenvalue weighted by Crippen LogP contribution is -2.13. The Bertz CT molecular complexity index is 693. The largest absolute Gasteiger partial charge is 0.486 e. The number of ether oxygens (including phenoxy) is 1. The van der Waals surface area contributed by atoms with Crippen molar-refractivity contribution in [2.75, 3.05) is 0 Å². The van der Waals surface area contributed by atoms with Crippen molar-refractivity contribution in [2.45, 2.75) is 6.61 Å². The molecular formula is C14H11Cl2FN2O2. The Balaban J connectivity index is 2.15. The van der Waals surface area contributed by atoms with Crippen LogP contribution in [0.15, 0.2) is 41.6 Å². The average molecular weight is 329 g/mol. The van der Waals surface area contributed by atoms with Gasteiger partial charge in [-0.1, -0.05) is 28.4 Å². The maximum absolute atomic E-state index is 13.9. The summed E-state index contributed by atoms with van der Waals surface area (Å²) in [4.78, 5) is 0. The van der Waals surface area contributed by atoms with E-state index in [2.05, 4.69) is 5.16 Å². The molecule has 0 bridgehead atoms. The van der Waals surface area contributed by atoms with E-state index < -0.39 is 5.82 Å². The van der Waals surface area contributed by atoms with E-state index in [0.29, 0.717) is 15.6 Å². The van der Waals surface area contributed by atoms with Crippen molar-refractivity contribution in [3.63, 3.8) is 0 Å². The van der Waals surface area contributed by atoms with Gasteiger partial charge in [0.2, 0.25) is 0 Å². The molecule has 2 rings (SSSR count). The molecule has 0 fully saturated rings.